The number of rotatable bonds is 8. The maximum atomic E-state index is 12.5. The molecule has 0 saturated carbocycles. The van der Waals surface area contributed by atoms with E-state index in [0.29, 0.717) is 30.4 Å². The fourth-order valence-corrected chi connectivity index (χ4v) is 5.20. The summed E-state index contributed by atoms with van der Waals surface area (Å²) in [6.45, 7) is 6.63. The number of hydroxylamine groups is 3. The Balaban J connectivity index is 1.19. The van der Waals surface area contributed by atoms with Crippen molar-refractivity contribution in [3.05, 3.63) is 0 Å². The third-order valence-electron chi connectivity index (χ3n) is 6.30. The van der Waals surface area contributed by atoms with Gasteiger partial charge in [0.25, 0.3) is 5.91 Å². The standard InChI is InChI=1S/C17H30N6O7S/c24-16(15-2-1-14-10-22(15)17(25)23(14)30-31(26,27)28)20-29-11-13-7-12(8-19-13)9-21-5-3-18-4-6-21/h12-15,18-19H,1-11H2,(H,20,24)(H,26,27,28)/t12-,13+,14+,15-/m0/s1. The number of hydrogen-bond donors (Lipinski definition) is 4. The Labute approximate surface area is 181 Å². The molecule has 0 aromatic heterocycles. The minimum Gasteiger partial charge on any atom is -0.314 e. The Bertz CT molecular complexity index is 777. The van der Waals surface area contributed by atoms with E-state index in [1.165, 1.54) is 4.90 Å². The number of amides is 3. The molecule has 4 heterocycles. The molecule has 0 aromatic carbocycles. The Hall–Kier alpha value is -1.55. The van der Waals surface area contributed by atoms with Gasteiger partial charge in [-0.2, -0.15) is 13.5 Å². The van der Waals surface area contributed by atoms with Crippen LogP contribution >= 0.6 is 0 Å². The average Bonchev–Trinajstić information content (AvgIpc) is 3.26. The summed E-state index contributed by atoms with van der Waals surface area (Å²) in [5.41, 5.74) is 2.42. The highest BCUT2D eigenvalue weighted by molar-refractivity contribution is 7.80. The van der Waals surface area contributed by atoms with Crippen LogP contribution in [-0.4, -0.2) is 110 Å². The zero-order valence-corrected chi connectivity index (χ0v) is 18.1. The summed E-state index contributed by atoms with van der Waals surface area (Å²) in [6, 6.07) is -1.94. The number of nitrogens with zero attached hydrogens (tertiary/aromatic N) is 3. The van der Waals surface area contributed by atoms with Crippen molar-refractivity contribution in [2.24, 2.45) is 5.92 Å². The van der Waals surface area contributed by atoms with Gasteiger partial charge in [-0.25, -0.2) is 10.3 Å². The summed E-state index contributed by atoms with van der Waals surface area (Å²) in [5, 5.41) is 7.39. The van der Waals surface area contributed by atoms with E-state index < -0.39 is 34.4 Å². The van der Waals surface area contributed by atoms with Gasteiger partial charge in [0.1, 0.15) is 6.04 Å². The Kier molecular flexibility index (Phi) is 6.95. The van der Waals surface area contributed by atoms with Gasteiger partial charge < -0.3 is 20.4 Å². The van der Waals surface area contributed by atoms with E-state index in [1.54, 1.807) is 0 Å². The van der Waals surface area contributed by atoms with E-state index in [9.17, 15) is 18.0 Å². The van der Waals surface area contributed by atoms with E-state index in [0.717, 1.165) is 45.7 Å². The van der Waals surface area contributed by atoms with Crippen molar-refractivity contribution in [1.29, 1.82) is 0 Å². The largest absolute Gasteiger partial charge is 0.418 e. The molecular formula is C17H30N6O7S. The molecule has 4 rings (SSSR count). The van der Waals surface area contributed by atoms with Crippen LogP contribution in [0.15, 0.2) is 0 Å². The second kappa shape index (κ2) is 9.52. The van der Waals surface area contributed by atoms with Crippen LogP contribution in [0.25, 0.3) is 0 Å². The predicted molar refractivity (Wildman–Crippen MR) is 107 cm³/mol. The molecule has 0 aliphatic carbocycles. The molecule has 4 fully saturated rings. The number of urea groups is 1. The first-order chi connectivity index (χ1) is 14.8. The van der Waals surface area contributed by atoms with E-state index >= 15 is 0 Å². The zero-order chi connectivity index (χ0) is 22.0. The number of carbonyl (C=O) groups excluding carboxylic acids is 2. The molecule has 4 saturated heterocycles. The minimum absolute atomic E-state index is 0.143. The van der Waals surface area contributed by atoms with E-state index in [2.05, 4.69) is 25.3 Å². The molecule has 176 valence electrons. The highest BCUT2D eigenvalue weighted by Gasteiger charge is 2.49. The first kappa shape index (κ1) is 22.6. The second-order valence-corrected chi connectivity index (χ2v) is 9.55. The van der Waals surface area contributed by atoms with Crippen LogP contribution < -0.4 is 16.1 Å². The topological polar surface area (TPSA) is 153 Å². The van der Waals surface area contributed by atoms with Gasteiger partial charge in [0, 0.05) is 45.3 Å². The van der Waals surface area contributed by atoms with E-state index in [-0.39, 0.29) is 12.6 Å². The minimum atomic E-state index is -4.81. The van der Waals surface area contributed by atoms with Gasteiger partial charge in [-0.1, -0.05) is 0 Å². The van der Waals surface area contributed by atoms with Crippen molar-refractivity contribution in [3.63, 3.8) is 0 Å². The van der Waals surface area contributed by atoms with Gasteiger partial charge in [-0.3, -0.25) is 14.2 Å². The molecule has 3 amide bonds. The Morgan fingerprint density at radius 2 is 2.03 bits per heavy atom. The number of nitrogens with one attached hydrogen (secondary N) is 3. The molecular weight excluding hydrogens is 432 g/mol. The lowest BCUT2D eigenvalue weighted by Crippen LogP contribution is -2.50. The molecule has 0 aromatic rings. The number of carbonyl (C=O) groups is 2. The predicted octanol–water partition coefficient (Wildman–Crippen LogP) is -2.08. The van der Waals surface area contributed by atoms with Gasteiger partial charge in [0.2, 0.25) is 0 Å². The van der Waals surface area contributed by atoms with Crippen molar-refractivity contribution < 1.29 is 31.7 Å². The second-order valence-electron chi connectivity index (χ2n) is 8.54. The van der Waals surface area contributed by atoms with Crippen molar-refractivity contribution in [1.82, 2.24) is 31.0 Å². The van der Waals surface area contributed by atoms with Crippen molar-refractivity contribution in [2.45, 2.75) is 37.4 Å². The fourth-order valence-electron chi connectivity index (χ4n) is 4.81. The molecule has 31 heavy (non-hydrogen) atoms. The van der Waals surface area contributed by atoms with E-state index in [1.807, 2.05) is 0 Å². The third-order valence-corrected chi connectivity index (χ3v) is 6.65. The summed E-state index contributed by atoms with van der Waals surface area (Å²) in [7, 11) is -4.81. The molecule has 4 atom stereocenters. The fraction of sp³-hybridized carbons (Fsp3) is 0.882. The monoisotopic (exact) mass is 462 g/mol. The van der Waals surface area contributed by atoms with Crippen LogP contribution in [-0.2, 0) is 24.3 Å². The molecule has 2 bridgehead atoms. The molecule has 14 heteroatoms. The molecule has 4 N–H and O–H groups in total. The molecule has 13 nitrogen and oxygen atoms in total. The number of piperidine rings is 1. The highest BCUT2D eigenvalue weighted by atomic mass is 32.3. The summed E-state index contributed by atoms with van der Waals surface area (Å²) in [5.74, 6) is 0.0876. The van der Waals surface area contributed by atoms with Crippen LogP contribution in [0.3, 0.4) is 0 Å². The lowest BCUT2D eigenvalue weighted by atomic mass is 10.0. The molecule has 4 aliphatic rings. The first-order valence-electron chi connectivity index (χ1n) is 10.6. The lowest BCUT2D eigenvalue weighted by molar-refractivity contribution is -0.139. The number of piperazine rings is 1. The van der Waals surface area contributed by atoms with Gasteiger partial charge in [-0.15, -0.1) is 4.28 Å². The van der Waals surface area contributed by atoms with Crippen molar-refractivity contribution >= 4 is 22.3 Å². The Morgan fingerprint density at radius 3 is 2.77 bits per heavy atom. The van der Waals surface area contributed by atoms with Gasteiger partial charge >= 0.3 is 16.4 Å². The van der Waals surface area contributed by atoms with Crippen molar-refractivity contribution in [2.75, 3.05) is 52.4 Å². The Morgan fingerprint density at radius 1 is 1.26 bits per heavy atom. The quantitative estimate of drug-likeness (QED) is 0.234. The maximum absolute atomic E-state index is 12.5. The molecule has 0 unspecified atom stereocenters. The summed E-state index contributed by atoms with van der Waals surface area (Å²) in [4.78, 5) is 34.0. The smallest absolute Gasteiger partial charge is 0.314 e. The van der Waals surface area contributed by atoms with Crippen LogP contribution in [0.4, 0.5) is 4.79 Å². The normalized spacial score (nSPS) is 32.0. The SMILES string of the molecule is O=C(NOC[C@H]1C[C@H](CN2CCNCC2)CN1)[C@@H]1CC[C@@H]2CN1C(=O)N2OS(=O)(=O)O. The maximum Gasteiger partial charge on any atom is 0.418 e. The van der Waals surface area contributed by atoms with Crippen LogP contribution in [0.5, 0.6) is 0 Å². The lowest BCUT2D eigenvalue weighted by Gasteiger charge is -2.29. The summed E-state index contributed by atoms with van der Waals surface area (Å²) < 4.78 is 35.1. The first-order valence-corrected chi connectivity index (χ1v) is 12.0. The van der Waals surface area contributed by atoms with Crippen molar-refractivity contribution in [3.8, 4) is 0 Å². The van der Waals surface area contributed by atoms with Crippen LogP contribution in [0.1, 0.15) is 19.3 Å². The van der Waals surface area contributed by atoms with Gasteiger partial charge in [-0.05, 0) is 31.7 Å². The van der Waals surface area contributed by atoms with Gasteiger partial charge in [0.15, 0.2) is 0 Å². The highest BCUT2D eigenvalue weighted by Crippen LogP contribution is 2.30. The molecule has 4 aliphatic heterocycles. The zero-order valence-electron chi connectivity index (χ0n) is 17.2. The average molecular weight is 463 g/mol. The summed E-state index contributed by atoms with van der Waals surface area (Å²) in [6.07, 6.45) is 1.68. The third kappa shape index (κ3) is 5.63. The van der Waals surface area contributed by atoms with Crippen LogP contribution in [0.2, 0.25) is 0 Å². The summed E-state index contributed by atoms with van der Waals surface area (Å²) >= 11 is 0. The molecule has 0 radical (unpaired) electrons. The van der Waals surface area contributed by atoms with Crippen LogP contribution in [0, 0.1) is 5.92 Å². The number of fused-ring (bicyclic) bond motifs is 2. The van der Waals surface area contributed by atoms with E-state index in [4.69, 9.17) is 9.39 Å². The molecule has 0 spiro atoms. The van der Waals surface area contributed by atoms with Gasteiger partial charge in [0.05, 0.1) is 12.6 Å². The number of hydrogen-bond acceptors (Lipinski definition) is 9.